The maximum Gasteiger partial charge on any atom is 0.271 e. The van der Waals surface area contributed by atoms with Crippen LogP contribution in [0.5, 0.6) is 0 Å². The van der Waals surface area contributed by atoms with Gasteiger partial charge in [0, 0.05) is 42.8 Å². The quantitative estimate of drug-likeness (QED) is 0.843. The topological polar surface area (TPSA) is 78.1 Å². The summed E-state index contributed by atoms with van der Waals surface area (Å²) in [6.45, 7) is 6.68. The summed E-state index contributed by atoms with van der Waals surface area (Å²) in [5.74, 6) is -0.0748. The number of aromatic amines is 1. The van der Waals surface area contributed by atoms with Crippen LogP contribution in [-0.4, -0.2) is 39.9 Å². The van der Waals surface area contributed by atoms with Crippen LogP contribution < -0.4 is 10.9 Å². The number of amides is 1. The number of H-pyrrole nitrogens is 1. The van der Waals surface area contributed by atoms with Gasteiger partial charge in [0.05, 0.1) is 0 Å². The molecule has 0 aliphatic carbocycles. The lowest BCUT2D eigenvalue weighted by Crippen LogP contribution is -2.31. The van der Waals surface area contributed by atoms with Gasteiger partial charge in [-0.3, -0.25) is 14.6 Å². The highest BCUT2D eigenvalue weighted by molar-refractivity contribution is 5.87. The van der Waals surface area contributed by atoms with E-state index in [1.807, 2.05) is 25.1 Å². The van der Waals surface area contributed by atoms with E-state index in [0.717, 1.165) is 23.2 Å². The Bertz CT molecular complexity index is 828. The Morgan fingerprint density at radius 3 is 3.04 bits per heavy atom. The monoisotopic (exact) mass is 324 g/mol. The zero-order valence-corrected chi connectivity index (χ0v) is 13.6. The number of nitrogens with one attached hydrogen (secondary N) is 2. The average Bonchev–Trinajstić information content (AvgIpc) is 3.04. The molecule has 1 aliphatic heterocycles. The molecule has 1 saturated heterocycles. The zero-order chi connectivity index (χ0) is 17.1. The number of likely N-dealkylation sites (tertiary alicyclic amines) is 1. The van der Waals surface area contributed by atoms with Gasteiger partial charge < -0.3 is 15.2 Å². The summed E-state index contributed by atoms with van der Waals surface area (Å²) in [5, 5.41) is 3.26. The highest BCUT2D eigenvalue weighted by Gasteiger charge is 2.25. The van der Waals surface area contributed by atoms with Crippen molar-refractivity contribution < 1.29 is 4.79 Å². The first-order valence-electron chi connectivity index (χ1n) is 7.90. The van der Waals surface area contributed by atoms with E-state index in [0.29, 0.717) is 18.8 Å². The molecular weight excluding hydrogens is 304 g/mol. The number of anilines is 1. The first kappa shape index (κ1) is 16.0. The number of carbonyl (C=O) groups excluding carboxylic acids is 1. The number of rotatable bonds is 4. The van der Waals surface area contributed by atoms with E-state index in [2.05, 4.69) is 21.9 Å². The minimum atomic E-state index is -0.168. The smallest absolute Gasteiger partial charge is 0.271 e. The SMILES string of the molecule is C=CC(=O)N1CC[C@@H](Nc2cc(-c3ccnc(C)c3)c[nH]c2=O)C1. The van der Waals surface area contributed by atoms with Crippen LogP contribution in [0.4, 0.5) is 5.69 Å². The molecule has 0 unspecified atom stereocenters. The van der Waals surface area contributed by atoms with Crippen LogP contribution >= 0.6 is 0 Å². The number of nitrogens with zero attached hydrogens (tertiary/aromatic N) is 2. The molecule has 2 N–H and O–H groups in total. The van der Waals surface area contributed by atoms with Crippen molar-refractivity contribution in [2.24, 2.45) is 0 Å². The lowest BCUT2D eigenvalue weighted by Gasteiger charge is -2.16. The Kier molecular flexibility index (Phi) is 4.46. The van der Waals surface area contributed by atoms with Gasteiger partial charge in [0.1, 0.15) is 5.69 Å². The van der Waals surface area contributed by atoms with E-state index < -0.39 is 0 Å². The van der Waals surface area contributed by atoms with Crippen LogP contribution in [0.25, 0.3) is 11.1 Å². The molecule has 1 aliphatic rings. The number of aromatic nitrogens is 2. The molecule has 0 aromatic carbocycles. The van der Waals surface area contributed by atoms with Crippen molar-refractivity contribution in [3.63, 3.8) is 0 Å². The molecule has 0 saturated carbocycles. The summed E-state index contributed by atoms with van der Waals surface area (Å²) >= 11 is 0. The van der Waals surface area contributed by atoms with Gasteiger partial charge in [-0.1, -0.05) is 6.58 Å². The molecule has 24 heavy (non-hydrogen) atoms. The van der Waals surface area contributed by atoms with Crippen molar-refractivity contribution in [1.29, 1.82) is 0 Å². The Morgan fingerprint density at radius 1 is 1.46 bits per heavy atom. The van der Waals surface area contributed by atoms with Crippen molar-refractivity contribution >= 4 is 11.6 Å². The standard InChI is InChI=1S/C18H20N4O2/c1-3-17(23)22-7-5-15(11-22)21-16-9-14(10-20-18(16)24)13-4-6-19-12(2)8-13/h3-4,6,8-10,15,21H,1,5,7,11H2,2H3,(H,20,24)/t15-/m1/s1. The van der Waals surface area contributed by atoms with Crippen LogP contribution in [-0.2, 0) is 4.79 Å². The third-order valence-electron chi connectivity index (χ3n) is 4.17. The third-order valence-corrected chi connectivity index (χ3v) is 4.17. The molecular formula is C18H20N4O2. The van der Waals surface area contributed by atoms with Crippen LogP contribution in [0.15, 0.2) is 48.0 Å². The van der Waals surface area contributed by atoms with Gasteiger partial charge in [0.25, 0.3) is 5.56 Å². The second-order valence-corrected chi connectivity index (χ2v) is 5.94. The van der Waals surface area contributed by atoms with E-state index in [1.54, 1.807) is 17.3 Å². The van der Waals surface area contributed by atoms with E-state index in [1.165, 1.54) is 6.08 Å². The first-order chi connectivity index (χ1) is 11.6. The van der Waals surface area contributed by atoms with E-state index in [9.17, 15) is 9.59 Å². The van der Waals surface area contributed by atoms with Crippen LogP contribution in [0, 0.1) is 6.92 Å². The largest absolute Gasteiger partial charge is 0.376 e. The van der Waals surface area contributed by atoms with Crippen molar-refractivity contribution in [2.45, 2.75) is 19.4 Å². The average molecular weight is 324 g/mol. The van der Waals surface area contributed by atoms with Crippen molar-refractivity contribution in [2.75, 3.05) is 18.4 Å². The van der Waals surface area contributed by atoms with E-state index in [4.69, 9.17) is 0 Å². The first-order valence-corrected chi connectivity index (χ1v) is 7.90. The molecule has 6 heteroatoms. The summed E-state index contributed by atoms with van der Waals surface area (Å²) in [4.78, 5) is 32.4. The summed E-state index contributed by atoms with van der Waals surface area (Å²) in [5.41, 5.74) is 3.18. The maximum atomic E-state index is 12.1. The number of pyridine rings is 2. The minimum absolute atomic E-state index is 0.0597. The highest BCUT2D eigenvalue weighted by atomic mass is 16.2. The Balaban J connectivity index is 1.79. The second-order valence-electron chi connectivity index (χ2n) is 5.94. The fraction of sp³-hybridized carbons (Fsp3) is 0.278. The van der Waals surface area contributed by atoms with Gasteiger partial charge in [-0.2, -0.15) is 0 Å². The number of aryl methyl sites for hydroxylation is 1. The second kappa shape index (κ2) is 6.70. The third kappa shape index (κ3) is 3.37. The zero-order valence-electron chi connectivity index (χ0n) is 13.6. The molecule has 0 bridgehead atoms. The Morgan fingerprint density at radius 2 is 2.29 bits per heavy atom. The van der Waals surface area contributed by atoms with Gasteiger partial charge in [-0.15, -0.1) is 0 Å². The predicted octanol–water partition coefficient (Wildman–Crippen LogP) is 1.94. The van der Waals surface area contributed by atoms with Gasteiger partial charge in [-0.05, 0) is 43.2 Å². The van der Waals surface area contributed by atoms with E-state index in [-0.39, 0.29) is 17.5 Å². The van der Waals surface area contributed by atoms with Gasteiger partial charge in [0.15, 0.2) is 0 Å². The highest BCUT2D eigenvalue weighted by Crippen LogP contribution is 2.21. The summed E-state index contributed by atoms with van der Waals surface area (Å²) in [6.07, 6.45) is 5.57. The molecule has 2 aromatic rings. The molecule has 1 amide bonds. The summed E-state index contributed by atoms with van der Waals surface area (Å²) < 4.78 is 0. The minimum Gasteiger partial charge on any atom is -0.376 e. The summed E-state index contributed by atoms with van der Waals surface area (Å²) in [6, 6.07) is 5.78. The van der Waals surface area contributed by atoms with Crippen molar-refractivity contribution in [3.8, 4) is 11.1 Å². The number of hydrogen-bond acceptors (Lipinski definition) is 4. The number of hydrogen-bond donors (Lipinski definition) is 2. The normalized spacial score (nSPS) is 16.9. The molecule has 1 atom stereocenters. The molecule has 1 fully saturated rings. The molecule has 3 heterocycles. The Labute approximate surface area is 140 Å². The molecule has 124 valence electrons. The predicted molar refractivity (Wildman–Crippen MR) is 93.8 cm³/mol. The molecule has 2 aromatic heterocycles. The van der Waals surface area contributed by atoms with Gasteiger partial charge in [-0.25, -0.2) is 0 Å². The molecule has 6 nitrogen and oxygen atoms in total. The maximum absolute atomic E-state index is 12.1. The number of carbonyl (C=O) groups is 1. The van der Waals surface area contributed by atoms with Gasteiger partial charge >= 0.3 is 0 Å². The van der Waals surface area contributed by atoms with E-state index >= 15 is 0 Å². The molecule has 0 radical (unpaired) electrons. The van der Waals surface area contributed by atoms with Crippen molar-refractivity contribution in [1.82, 2.24) is 14.9 Å². The van der Waals surface area contributed by atoms with Crippen molar-refractivity contribution in [3.05, 3.63) is 59.3 Å². The Hall–Kier alpha value is -2.89. The fourth-order valence-electron chi connectivity index (χ4n) is 2.91. The lowest BCUT2D eigenvalue weighted by atomic mass is 10.1. The summed E-state index contributed by atoms with van der Waals surface area (Å²) in [7, 11) is 0. The lowest BCUT2D eigenvalue weighted by molar-refractivity contribution is -0.125. The van der Waals surface area contributed by atoms with Crippen LogP contribution in [0.2, 0.25) is 0 Å². The fourth-order valence-corrected chi connectivity index (χ4v) is 2.91. The van der Waals surface area contributed by atoms with Crippen LogP contribution in [0.3, 0.4) is 0 Å². The molecule has 3 rings (SSSR count). The molecule has 0 spiro atoms. The van der Waals surface area contributed by atoms with Crippen LogP contribution in [0.1, 0.15) is 12.1 Å². The van der Waals surface area contributed by atoms with Gasteiger partial charge in [0.2, 0.25) is 5.91 Å².